The minimum absolute atomic E-state index is 0.0502. The van der Waals surface area contributed by atoms with Crippen molar-refractivity contribution < 1.29 is 9.53 Å². The fourth-order valence-electron chi connectivity index (χ4n) is 3.38. The number of nitrogens with zero attached hydrogens (tertiary/aromatic N) is 3. The molecule has 0 aliphatic rings. The Morgan fingerprint density at radius 1 is 1.07 bits per heavy atom. The van der Waals surface area contributed by atoms with E-state index in [0.29, 0.717) is 12.3 Å². The lowest BCUT2D eigenvalue weighted by molar-refractivity contribution is -0.120. The lowest BCUT2D eigenvalue weighted by Gasteiger charge is -2.23. The SMILES string of the molecule is CCN(C(=O)COc1cc2cnccc2nc1C)c1cccc2ccccc12. The molecule has 4 rings (SSSR count). The predicted octanol–water partition coefficient (Wildman–Crippen LogP) is 4.52. The summed E-state index contributed by atoms with van der Waals surface area (Å²) in [5, 5.41) is 3.04. The highest BCUT2D eigenvalue weighted by molar-refractivity contribution is 6.04. The summed E-state index contributed by atoms with van der Waals surface area (Å²) in [6.07, 6.45) is 3.45. The van der Waals surface area contributed by atoms with Gasteiger partial charge in [-0.3, -0.25) is 9.78 Å². The van der Waals surface area contributed by atoms with Gasteiger partial charge in [-0.05, 0) is 37.4 Å². The number of benzene rings is 2. The minimum Gasteiger partial charge on any atom is -0.482 e. The van der Waals surface area contributed by atoms with Crippen LogP contribution in [0.1, 0.15) is 12.6 Å². The Kier molecular flexibility index (Phi) is 4.89. The van der Waals surface area contributed by atoms with Gasteiger partial charge in [0.1, 0.15) is 5.75 Å². The number of aromatic nitrogens is 2. The average Bonchev–Trinajstić information content (AvgIpc) is 2.73. The molecule has 2 heterocycles. The van der Waals surface area contributed by atoms with Crippen molar-refractivity contribution in [1.82, 2.24) is 9.97 Å². The molecule has 0 bridgehead atoms. The van der Waals surface area contributed by atoms with Crippen molar-refractivity contribution in [2.45, 2.75) is 13.8 Å². The van der Waals surface area contributed by atoms with E-state index in [4.69, 9.17) is 4.74 Å². The second-order valence-corrected chi connectivity index (χ2v) is 6.57. The van der Waals surface area contributed by atoms with Crippen molar-refractivity contribution in [1.29, 1.82) is 0 Å². The Morgan fingerprint density at radius 2 is 1.89 bits per heavy atom. The quantitative estimate of drug-likeness (QED) is 0.517. The van der Waals surface area contributed by atoms with Gasteiger partial charge in [-0.2, -0.15) is 0 Å². The molecule has 0 atom stereocenters. The number of hydrogen-bond acceptors (Lipinski definition) is 4. The summed E-state index contributed by atoms with van der Waals surface area (Å²) in [7, 11) is 0. The van der Waals surface area contributed by atoms with Gasteiger partial charge in [-0.1, -0.05) is 36.4 Å². The van der Waals surface area contributed by atoms with Crippen LogP contribution in [0.5, 0.6) is 5.75 Å². The van der Waals surface area contributed by atoms with E-state index in [1.807, 2.05) is 68.4 Å². The summed E-state index contributed by atoms with van der Waals surface area (Å²) >= 11 is 0. The molecule has 2 aromatic heterocycles. The topological polar surface area (TPSA) is 55.3 Å². The van der Waals surface area contributed by atoms with Gasteiger partial charge < -0.3 is 9.64 Å². The first-order valence-electron chi connectivity index (χ1n) is 9.29. The molecule has 0 fully saturated rings. The van der Waals surface area contributed by atoms with Crippen LogP contribution < -0.4 is 9.64 Å². The molecule has 28 heavy (non-hydrogen) atoms. The number of aryl methyl sites for hydroxylation is 1. The molecule has 1 amide bonds. The van der Waals surface area contributed by atoms with Gasteiger partial charge in [0.15, 0.2) is 6.61 Å². The Labute approximate surface area is 163 Å². The number of rotatable bonds is 5. The van der Waals surface area contributed by atoms with Crippen molar-refractivity contribution in [3.8, 4) is 5.75 Å². The molecule has 0 N–H and O–H groups in total. The van der Waals surface area contributed by atoms with Crippen molar-refractivity contribution in [3.05, 3.63) is 72.7 Å². The summed E-state index contributed by atoms with van der Waals surface area (Å²) in [6.45, 7) is 4.36. The molecule has 0 aliphatic carbocycles. The molecule has 2 aromatic carbocycles. The number of carbonyl (C=O) groups excluding carboxylic acids is 1. The van der Waals surface area contributed by atoms with E-state index in [1.54, 1.807) is 17.3 Å². The standard InChI is InChI=1S/C23H21N3O2/c1-3-26(21-10-6-8-17-7-4-5-9-19(17)21)23(27)15-28-22-13-18-14-24-12-11-20(18)25-16(22)2/h4-14H,3,15H2,1-2H3. The first-order valence-corrected chi connectivity index (χ1v) is 9.29. The Balaban J connectivity index is 1.58. The van der Waals surface area contributed by atoms with Crippen LogP contribution in [-0.4, -0.2) is 29.0 Å². The van der Waals surface area contributed by atoms with Gasteiger partial charge in [0.2, 0.25) is 0 Å². The second-order valence-electron chi connectivity index (χ2n) is 6.57. The van der Waals surface area contributed by atoms with E-state index < -0.39 is 0 Å². The average molecular weight is 371 g/mol. The van der Waals surface area contributed by atoms with Gasteiger partial charge in [0.05, 0.1) is 16.9 Å². The molecule has 0 saturated carbocycles. The zero-order valence-electron chi connectivity index (χ0n) is 15.9. The third kappa shape index (κ3) is 3.39. The second kappa shape index (κ2) is 7.64. The summed E-state index contributed by atoms with van der Waals surface area (Å²) in [6, 6.07) is 17.8. The number of carbonyl (C=O) groups is 1. The molecule has 0 aliphatic heterocycles. The van der Waals surface area contributed by atoms with E-state index in [0.717, 1.165) is 33.1 Å². The number of likely N-dealkylation sites (N-methyl/N-ethyl adjacent to an activating group) is 1. The maximum Gasteiger partial charge on any atom is 0.264 e. The van der Waals surface area contributed by atoms with Crippen LogP contribution in [0.4, 0.5) is 5.69 Å². The van der Waals surface area contributed by atoms with E-state index >= 15 is 0 Å². The molecule has 0 radical (unpaired) electrons. The normalized spacial score (nSPS) is 10.9. The number of ether oxygens (including phenoxy) is 1. The van der Waals surface area contributed by atoms with Gasteiger partial charge in [0.25, 0.3) is 5.91 Å². The minimum atomic E-state index is -0.0930. The summed E-state index contributed by atoms with van der Waals surface area (Å²) < 4.78 is 5.84. The first kappa shape index (κ1) is 17.9. The summed E-state index contributed by atoms with van der Waals surface area (Å²) in [5.41, 5.74) is 2.50. The Hall–Kier alpha value is -3.47. The van der Waals surface area contributed by atoms with Crippen molar-refractivity contribution >= 4 is 33.3 Å². The Morgan fingerprint density at radius 3 is 2.75 bits per heavy atom. The molecule has 0 saturated heterocycles. The Bertz CT molecular complexity index is 1150. The van der Waals surface area contributed by atoms with Crippen molar-refractivity contribution in [2.75, 3.05) is 18.1 Å². The third-order valence-electron chi connectivity index (χ3n) is 4.79. The van der Waals surface area contributed by atoms with Crippen molar-refractivity contribution in [3.63, 3.8) is 0 Å². The van der Waals surface area contributed by atoms with Gasteiger partial charge in [-0.25, -0.2) is 4.98 Å². The van der Waals surface area contributed by atoms with Crippen LogP contribution in [0.25, 0.3) is 21.7 Å². The molecule has 4 aromatic rings. The van der Waals surface area contributed by atoms with Crippen LogP contribution in [0, 0.1) is 6.92 Å². The smallest absolute Gasteiger partial charge is 0.264 e. The summed E-state index contributed by atoms with van der Waals surface area (Å²) in [5.74, 6) is 0.507. The number of hydrogen-bond donors (Lipinski definition) is 0. The highest BCUT2D eigenvalue weighted by Gasteiger charge is 2.17. The van der Waals surface area contributed by atoms with Gasteiger partial charge in [-0.15, -0.1) is 0 Å². The fraction of sp³-hybridized carbons (Fsp3) is 0.174. The molecule has 140 valence electrons. The predicted molar refractivity (Wildman–Crippen MR) is 112 cm³/mol. The highest BCUT2D eigenvalue weighted by atomic mass is 16.5. The number of pyridine rings is 2. The number of anilines is 1. The van der Waals surface area contributed by atoms with Crippen LogP contribution in [0.3, 0.4) is 0 Å². The molecule has 0 unspecified atom stereocenters. The van der Waals surface area contributed by atoms with E-state index in [1.165, 1.54) is 0 Å². The lowest BCUT2D eigenvalue weighted by atomic mass is 10.1. The zero-order valence-corrected chi connectivity index (χ0v) is 15.9. The van der Waals surface area contributed by atoms with Crippen molar-refractivity contribution in [2.24, 2.45) is 0 Å². The van der Waals surface area contributed by atoms with E-state index in [2.05, 4.69) is 9.97 Å². The van der Waals surface area contributed by atoms with Crippen LogP contribution >= 0.6 is 0 Å². The fourth-order valence-corrected chi connectivity index (χ4v) is 3.38. The summed E-state index contributed by atoms with van der Waals surface area (Å²) in [4.78, 5) is 23.3. The zero-order chi connectivity index (χ0) is 19.5. The molecule has 5 nitrogen and oxygen atoms in total. The lowest BCUT2D eigenvalue weighted by Crippen LogP contribution is -2.35. The van der Waals surface area contributed by atoms with Crippen LogP contribution in [-0.2, 0) is 4.79 Å². The van der Waals surface area contributed by atoms with Gasteiger partial charge in [0, 0.05) is 29.7 Å². The third-order valence-corrected chi connectivity index (χ3v) is 4.79. The molecular formula is C23H21N3O2. The monoisotopic (exact) mass is 371 g/mol. The van der Waals surface area contributed by atoms with E-state index in [9.17, 15) is 4.79 Å². The molecule has 5 heteroatoms. The van der Waals surface area contributed by atoms with E-state index in [-0.39, 0.29) is 12.5 Å². The first-order chi connectivity index (χ1) is 13.7. The number of fused-ring (bicyclic) bond motifs is 2. The largest absolute Gasteiger partial charge is 0.482 e. The van der Waals surface area contributed by atoms with Crippen LogP contribution in [0.2, 0.25) is 0 Å². The maximum absolute atomic E-state index is 12.9. The maximum atomic E-state index is 12.9. The molecule has 0 spiro atoms. The van der Waals surface area contributed by atoms with Gasteiger partial charge >= 0.3 is 0 Å². The highest BCUT2D eigenvalue weighted by Crippen LogP contribution is 2.27. The number of amides is 1. The molecular weight excluding hydrogens is 350 g/mol. The van der Waals surface area contributed by atoms with Crippen LogP contribution in [0.15, 0.2) is 67.0 Å².